The molecule has 0 unspecified atom stereocenters. The average molecular weight is 305 g/mol. The predicted molar refractivity (Wildman–Crippen MR) is 90.7 cm³/mol. The molecule has 3 rings (SSSR count). The lowest BCUT2D eigenvalue weighted by atomic mass is 10.1. The van der Waals surface area contributed by atoms with Crippen molar-refractivity contribution < 1.29 is 4.79 Å². The molecule has 0 radical (unpaired) electrons. The smallest absolute Gasteiger partial charge is 0.276 e. The van der Waals surface area contributed by atoms with Crippen LogP contribution in [-0.4, -0.2) is 16.7 Å². The molecule has 114 valence electrons. The minimum Gasteiger partial charge on any atom is -0.350 e. The van der Waals surface area contributed by atoms with Gasteiger partial charge in [0.05, 0.1) is 11.7 Å². The molecule has 5 heteroatoms. The normalized spacial score (nSPS) is 11.0. The van der Waals surface area contributed by atoms with Crippen LogP contribution in [0.5, 0.6) is 0 Å². The molecule has 1 heterocycles. The van der Waals surface area contributed by atoms with Crippen molar-refractivity contribution in [2.75, 3.05) is 0 Å². The summed E-state index contributed by atoms with van der Waals surface area (Å²) in [5, 5.41) is 4.41. The summed E-state index contributed by atoms with van der Waals surface area (Å²) in [6.45, 7) is 0. The molecule has 0 aliphatic heterocycles. The Bertz CT molecular complexity index is 943. The van der Waals surface area contributed by atoms with Crippen molar-refractivity contribution in [3.8, 4) is 0 Å². The Morgan fingerprint density at radius 2 is 1.78 bits per heavy atom. The summed E-state index contributed by atoms with van der Waals surface area (Å²) < 4.78 is 1.76. The van der Waals surface area contributed by atoms with Crippen LogP contribution in [0.1, 0.15) is 15.9 Å². The molecule has 0 atom stereocenters. The zero-order chi connectivity index (χ0) is 16.2. The van der Waals surface area contributed by atoms with Crippen molar-refractivity contribution in [3.63, 3.8) is 0 Å². The molecule has 2 aromatic carbocycles. The molecule has 23 heavy (non-hydrogen) atoms. The highest BCUT2D eigenvalue weighted by Gasteiger charge is 2.13. The second-order valence-corrected chi connectivity index (χ2v) is 5.11. The van der Waals surface area contributed by atoms with Gasteiger partial charge in [0.25, 0.3) is 5.91 Å². The molecule has 0 aliphatic rings. The standard InChI is InChI=1S/C18H15N3O2/c1-21-12-15(17(22)14-9-5-6-10-16(14)21)18(23)20-19-11-13-7-3-2-4-8-13/h2-12H,1H3,(H,20,23)/b19-11+. The van der Waals surface area contributed by atoms with Crippen molar-refractivity contribution in [1.29, 1.82) is 0 Å². The molecule has 0 fully saturated rings. The Labute approximate surface area is 132 Å². The maximum atomic E-state index is 12.4. The maximum Gasteiger partial charge on any atom is 0.276 e. The van der Waals surface area contributed by atoms with Gasteiger partial charge in [-0.25, -0.2) is 5.43 Å². The third-order valence-corrected chi connectivity index (χ3v) is 3.52. The first-order chi connectivity index (χ1) is 11.2. The average Bonchev–Trinajstić information content (AvgIpc) is 2.59. The molecule has 0 spiro atoms. The molecule has 5 nitrogen and oxygen atoms in total. The first-order valence-electron chi connectivity index (χ1n) is 7.13. The van der Waals surface area contributed by atoms with Gasteiger partial charge in [0.15, 0.2) is 0 Å². The number of pyridine rings is 1. The van der Waals surface area contributed by atoms with E-state index in [1.807, 2.05) is 42.5 Å². The van der Waals surface area contributed by atoms with E-state index in [2.05, 4.69) is 10.5 Å². The van der Waals surface area contributed by atoms with E-state index in [0.717, 1.165) is 11.1 Å². The summed E-state index contributed by atoms with van der Waals surface area (Å²) in [6, 6.07) is 16.6. The lowest BCUT2D eigenvalue weighted by molar-refractivity contribution is 0.0953. The number of carbonyl (C=O) groups excluding carboxylic acids is 1. The van der Waals surface area contributed by atoms with E-state index in [1.165, 1.54) is 12.4 Å². The summed E-state index contributed by atoms with van der Waals surface area (Å²) in [5.74, 6) is -0.525. The third kappa shape index (κ3) is 3.03. The molecule has 1 aromatic heterocycles. The van der Waals surface area contributed by atoms with Crippen molar-refractivity contribution >= 4 is 23.0 Å². The predicted octanol–water partition coefficient (Wildman–Crippen LogP) is 2.30. The number of nitrogens with zero attached hydrogens (tertiary/aromatic N) is 2. The molecule has 0 bridgehead atoms. The number of aromatic nitrogens is 1. The number of fused-ring (bicyclic) bond motifs is 1. The highest BCUT2D eigenvalue weighted by atomic mass is 16.2. The van der Waals surface area contributed by atoms with Crippen molar-refractivity contribution in [2.24, 2.45) is 12.1 Å². The van der Waals surface area contributed by atoms with Gasteiger partial charge >= 0.3 is 0 Å². The molecule has 0 aliphatic carbocycles. The third-order valence-electron chi connectivity index (χ3n) is 3.52. The monoisotopic (exact) mass is 305 g/mol. The number of hydrogen-bond acceptors (Lipinski definition) is 3. The first-order valence-corrected chi connectivity index (χ1v) is 7.13. The zero-order valence-corrected chi connectivity index (χ0v) is 12.6. The van der Waals surface area contributed by atoms with Crippen LogP contribution in [0, 0.1) is 0 Å². The van der Waals surface area contributed by atoms with E-state index < -0.39 is 5.91 Å². The van der Waals surface area contributed by atoms with Crippen LogP contribution in [0.4, 0.5) is 0 Å². The number of amides is 1. The van der Waals surface area contributed by atoms with Gasteiger partial charge in [0.2, 0.25) is 5.43 Å². The van der Waals surface area contributed by atoms with Crippen molar-refractivity contribution in [2.45, 2.75) is 0 Å². The first kappa shape index (κ1) is 14.7. The summed E-state index contributed by atoms with van der Waals surface area (Å²) in [4.78, 5) is 24.6. The summed E-state index contributed by atoms with van der Waals surface area (Å²) in [5.41, 5.74) is 3.80. The second-order valence-electron chi connectivity index (χ2n) is 5.11. The van der Waals surface area contributed by atoms with Crippen molar-refractivity contribution in [3.05, 3.63) is 82.1 Å². The van der Waals surface area contributed by atoms with E-state index in [9.17, 15) is 9.59 Å². The Morgan fingerprint density at radius 3 is 2.57 bits per heavy atom. The number of para-hydroxylation sites is 1. The highest BCUT2D eigenvalue weighted by molar-refractivity contribution is 5.97. The van der Waals surface area contributed by atoms with Gasteiger partial charge in [0, 0.05) is 18.6 Å². The highest BCUT2D eigenvalue weighted by Crippen LogP contribution is 2.10. The van der Waals surface area contributed by atoms with Crippen LogP contribution < -0.4 is 10.9 Å². The summed E-state index contributed by atoms with van der Waals surface area (Å²) >= 11 is 0. The van der Waals surface area contributed by atoms with Crippen LogP contribution in [0.25, 0.3) is 10.9 Å². The Hall–Kier alpha value is -3.21. The van der Waals surface area contributed by atoms with Gasteiger partial charge in [0.1, 0.15) is 5.56 Å². The lowest BCUT2D eigenvalue weighted by Gasteiger charge is -2.07. The maximum absolute atomic E-state index is 12.4. The quantitative estimate of drug-likeness (QED) is 0.596. The van der Waals surface area contributed by atoms with Crippen LogP contribution in [-0.2, 0) is 7.05 Å². The van der Waals surface area contributed by atoms with Gasteiger partial charge in [-0.3, -0.25) is 9.59 Å². The number of rotatable bonds is 3. The number of carbonyl (C=O) groups is 1. The van der Waals surface area contributed by atoms with Crippen LogP contribution >= 0.6 is 0 Å². The fourth-order valence-corrected chi connectivity index (χ4v) is 2.37. The van der Waals surface area contributed by atoms with Gasteiger partial charge < -0.3 is 4.57 Å². The van der Waals surface area contributed by atoms with Gasteiger partial charge in [-0.05, 0) is 17.7 Å². The second kappa shape index (κ2) is 6.27. The number of hydrazone groups is 1. The lowest BCUT2D eigenvalue weighted by Crippen LogP contribution is -2.26. The molecule has 1 N–H and O–H groups in total. The number of benzene rings is 2. The SMILES string of the molecule is Cn1cc(C(=O)N/N=C/c2ccccc2)c(=O)c2ccccc21. The van der Waals surface area contributed by atoms with E-state index >= 15 is 0 Å². The van der Waals surface area contributed by atoms with Gasteiger partial charge in [-0.1, -0.05) is 42.5 Å². The van der Waals surface area contributed by atoms with Crippen molar-refractivity contribution in [1.82, 2.24) is 9.99 Å². The number of aryl methyl sites for hydroxylation is 1. The van der Waals surface area contributed by atoms with E-state index in [-0.39, 0.29) is 11.0 Å². The molecule has 0 saturated carbocycles. The fourth-order valence-electron chi connectivity index (χ4n) is 2.37. The number of hydrogen-bond donors (Lipinski definition) is 1. The van der Waals surface area contributed by atoms with Crippen LogP contribution in [0.2, 0.25) is 0 Å². The molecular formula is C18H15N3O2. The Balaban J connectivity index is 1.88. The topological polar surface area (TPSA) is 63.5 Å². The fraction of sp³-hybridized carbons (Fsp3) is 0.0556. The Kier molecular flexibility index (Phi) is 4.01. The van der Waals surface area contributed by atoms with Crippen LogP contribution in [0.3, 0.4) is 0 Å². The molecule has 1 amide bonds. The van der Waals surface area contributed by atoms with Crippen LogP contribution in [0.15, 0.2) is 70.7 Å². The van der Waals surface area contributed by atoms with E-state index in [4.69, 9.17) is 0 Å². The summed E-state index contributed by atoms with van der Waals surface area (Å²) in [7, 11) is 1.80. The largest absolute Gasteiger partial charge is 0.350 e. The number of nitrogens with one attached hydrogen (secondary N) is 1. The summed E-state index contributed by atoms with van der Waals surface area (Å²) in [6.07, 6.45) is 3.06. The molecule has 3 aromatic rings. The van der Waals surface area contributed by atoms with E-state index in [0.29, 0.717) is 5.39 Å². The minimum absolute atomic E-state index is 0.0661. The zero-order valence-electron chi connectivity index (χ0n) is 12.6. The van der Waals surface area contributed by atoms with Gasteiger partial charge in [-0.15, -0.1) is 0 Å². The molecular weight excluding hydrogens is 290 g/mol. The molecule has 0 saturated heterocycles. The van der Waals surface area contributed by atoms with E-state index in [1.54, 1.807) is 23.7 Å². The van der Waals surface area contributed by atoms with Gasteiger partial charge in [-0.2, -0.15) is 5.10 Å². The Morgan fingerprint density at radius 1 is 1.09 bits per heavy atom. The minimum atomic E-state index is -0.525.